The molecule has 1 heterocycles. The van der Waals surface area contributed by atoms with Gasteiger partial charge >= 0.3 is 11.9 Å². The molecule has 2 aromatic rings. The van der Waals surface area contributed by atoms with E-state index in [1.165, 1.54) is 7.11 Å². The second-order valence-corrected chi connectivity index (χ2v) is 6.38. The van der Waals surface area contributed by atoms with Crippen molar-refractivity contribution < 1.29 is 23.9 Å². The minimum Gasteiger partial charge on any atom is -0.469 e. The highest BCUT2D eigenvalue weighted by molar-refractivity contribution is 6.32. The van der Waals surface area contributed by atoms with Crippen molar-refractivity contribution in [3.63, 3.8) is 0 Å². The van der Waals surface area contributed by atoms with Crippen LogP contribution in [0.2, 0.25) is 5.02 Å². The Morgan fingerprint density at radius 2 is 1.82 bits per heavy atom. The van der Waals surface area contributed by atoms with Crippen LogP contribution in [0.15, 0.2) is 53.5 Å². The maximum Gasteiger partial charge on any atom is 0.308 e. The van der Waals surface area contributed by atoms with E-state index in [1.54, 1.807) is 18.2 Å². The molecule has 28 heavy (non-hydrogen) atoms. The van der Waals surface area contributed by atoms with Gasteiger partial charge < -0.3 is 14.8 Å². The van der Waals surface area contributed by atoms with E-state index < -0.39 is 24.1 Å². The van der Waals surface area contributed by atoms with Gasteiger partial charge in [-0.3, -0.25) is 14.4 Å². The highest BCUT2D eigenvalue weighted by Gasteiger charge is 2.29. The van der Waals surface area contributed by atoms with Crippen LogP contribution in [-0.4, -0.2) is 36.9 Å². The highest BCUT2D eigenvalue weighted by Crippen LogP contribution is 2.27. The van der Waals surface area contributed by atoms with E-state index in [2.05, 4.69) is 15.0 Å². The van der Waals surface area contributed by atoms with E-state index in [9.17, 15) is 14.4 Å². The molecule has 0 radical (unpaired) electrons. The van der Waals surface area contributed by atoms with Crippen molar-refractivity contribution in [2.24, 2.45) is 4.99 Å². The van der Waals surface area contributed by atoms with Gasteiger partial charge in [-0.05, 0) is 18.2 Å². The lowest BCUT2D eigenvalue weighted by molar-refractivity contribution is -0.155. The number of nitrogens with zero attached hydrogens (tertiary/aromatic N) is 1. The zero-order valence-corrected chi connectivity index (χ0v) is 15.7. The number of rotatable bonds is 5. The number of aliphatic imine (C=N–C) groups is 1. The molecular formula is C20H17ClN2O5. The first kappa shape index (κ1) is 19.6. The van der Waals surface area contributed by atoms with Crippen LogP contribution in [-0.2, 0) is 23.9 Å². The molecule has 0 saturated carbocycles. The van der Waals surface area contributed by atoms with E-state index in [-0.39, 0.29) is 12.8 Å². The third-order valence-corrected chi connectivity index (χ3v) is 4.25. The van der Waals surface area contributed by atoms with Crippen molar-refractivity contribution in [2.45, 2.75) is 19.1 Å². The molecule has 1 N–H and O–H groups in total. The van der Waals surface area contributed by atoms with E-state index in [0.29, 0.717) is 22.0 Å². The van der Waals surface area contributed by atoms with Crippen LogP contribution in [0.5, 0.6) is 0 Å². The Morgan fingerprint density at radius 1 is 1.11 bits per heavy atom. The summed E-state index contributed by atoms with van der Waals surface area (Å²) in [5.74, 6) is -1.87. The molecule has 1 amide bonds. The van der Waals surface area contributed by atoms with E-state index in [0.717, 1.165) is 5.56 Å². The van der Waals surface area contributed by atoms with Crippen molar-refractivity contribution in [2.75, 3.05) is 12.4 Å². The number of nitrogens with one attached hydrogen (secondary N) is 1. The number of amides is 1. The fraction of sp³-hybridized carbons (Fsp3) is 0.200. The van der Waals surface area contributed by atoms with Crippen molar-refractivity contribution in [3.05, 3.63) is 64.7 Å². The van der Waals surface area contributed by atoms with Gasteiger partial charge in [-0.2, -0.15) is 0 Å². The normalized spacial score (nSPS) is 15.6. The second kappa shape index (κ2) is 8.67. The molecule has 0 aliphatic carbocycles. The number of carbonyl (C=O) groups excluding carboxylic acids is 3. The predicted octanol–water partition coefficient (Wildman–Crippen LogP) is 2.95. The van der Waals surface area contributed by atoms with Gasteiger partial charge in [0.25, 0.3) is 12.1 Å². The molecule has 0 bridgehead atoms. The lowest BCUT2D eigenvalue weighted by Gasteiger charge is -2.12. The summed E-state index contributed by atoms with van der Waals surface area (Å²) in [5, 5.41) is 3.18. The lowest BCUT2D eigenvalue weighted by atomic mass is 10.0. The topological polar surface area (TPSA) is 94.1 Å². The van der Waals surface area contributed by atoms with Gasteiger partial charge in [0.2, 0.25) is 0 Å². The summed E-state index contributed by atoms with van der Waals surface area (Å²) in [5.41, 5.74) is 2.31. The quantitative estimate of drug-likeness (QED) is 0.779. The molecule has 1 aliphatic heterocycles. The third kappa shape index (κ3) is 4.55. The fourth-order valence-corrected chi connectivity index (χ4v) is 2.83. The summed E-state index contributed by atoms with van der Waals surface area (Å²) in [6.07, 6.45) is -1.76. The van der Waals surface area contributed by atoms with Gasteiger partial charge in [0.15, 0.2) is 0 Å². The smallest absolute Gasteiger partial charge is 0.308 e. The SMILES string of the molecule is COC(=O)CCC(=O)O[C@H]1N=C(c2ccccc2)c2cc(Cl)ccc2NC1=O. The number of ether oxygens (including phenoxy) is 2. The van der Waals surface area contributed by atoms with E-state index in [1.807, 2.05) is 30.3 Å². The lowest BCUT2D eigenvalue weighted by Crippen LogP contribution is -2.30. The Hall–Kier alpha value is -3.19. The first-order valence-electron chi connectivity index (χ1n) is 8.48. The molecule has 0 unspecified atom stereocenters. The average molecular weight is 401 g/mol. The number of halogens is 1. The van der Waals surface area contributed by atoms with Crippen LogP contribution in [0.3, 0.4) is 0 Å². The van der Waals surface area contributed by atoms with Crippen LogP contribution in [0, 0.1) is 0 Å². The Balaban J connectivity index is 1.94. The maximum atomic E-state index is 12.5. The fourth-order valence-electron chi connectivity index (χ4n) is 2.66. The van der Waals surface area contributed by atoms with Crippen molar-refractivity contribution in [1.82, 2.24) is 0 Å². The Kier molecular flexibility index (Phi) is 6.06. The summed E-state index contributed by atoms with van der Waals surface area (Å²) < 4.78 is 9.71. The maximum absolute atomic E-state index is 12.5. The Morgan fingerprint density at radius 3 is 2.54 bits per heavy atom. The summed E-state index contributed by atoms with van der Waals surface area (Å²) in [6, 6.07) is 14.2. The van der Waals surface area contributed by atoms with Crippen molar-refractivity contribution in [3.8, 4) is 0 Å². The predicted molar refractivity (Wildman–Crippen MR) is 103 cm³/mol. The van der Waals surface area contributed by atoms with Crippen LogP contribution in [0.25, 0.3) is 0 Å². The summed E-state index contributed by atoms with van der Waals surface area (Å²) in [6.45, 7) is 0. The monoisotopic (exact) mass is 400 g/mol. The minimum atomic E-state index is -1.40. The van der Waals surface area contributed by atoms with Gasteiger partial charge in [-0.15, -0.1) is 0 Å². The van der Waals surface area contributed by atoms with Gasteiger partial charge in [0, 0.05) is 16.1 Å². The molecule has 0 spiro atoms. The number of esters is 2. The molecule has 144 valence electrons. The number of methoxy groups -OCH3 is 1. The molecule has 0 saturated heterocycles. The zero-order valence-electron chi connectivity index (χ0n) is 15.0. The van der Waals surface area contributed by atoms with Gasteiger partial charge in [-0.1, -0.05) is 41.9 Å². The number of hydrogen-bond donors (Lipinski definition) is 1. The molecule has 8 heteroatoms. The number of benzene rings is 2. The zero-order chi connectivity index (χ0) is 20.1. The summed E-state index contributed by atoms with van der Waals surface area (Å²) >= 11 is 6.13. The first-order chi connectivity index (χ1) is 13.5. The molecular weight excluding hydrogens is 384 g/mol. The second-order valence-electron chi connectivity index (χ2n) is 5.94. The molecule has 1 aliphatic rings. The summed E-state index contributed by atoms with van der Waals surface area (Å²) in [4.78, 5) is 40.2. The number of benzodiazepines with no additional fused rings is 1. The first-order valence-corrected chi connectivity index (χ1v) is 8.86. The Labute approximate surface area is 166 Å². The van der Waals surface area contributed by atoms with E-state index >= 15 is 0 Å². The van der Waals surface area contributed by atoms with Crippen molar-refractivity contribution in [1.29, 1.82) is 0 Å². The Bertz CT molecular complexity index is 943. The average Bonchev–Trinajstić information content (AvgIpc) is 2.83. The van der Waals surface area contributed by atoms with Gasteiger partial charge in [0.05, 0.1) is 31.4 Å². The minimum absolute atomic E-state index is 0.144. The standard InChI is InChI=1S/C20H17ClN2O5/c1-27-16(24)9-10-17(25)28-20-19(26)22-15-8-7-13(21)11-14(15)18(23-20)12-5-3-2-4-6-12/h2-8,11,20H,9-10H2,1H3,(H,22,26)/t20-/m1/s1. The summed E-state index contributed by atoms with van der Waals surface area (Å²) in [7, 11) is 1.23. The van der Waals surface area contributed by atoms with E-state index in [4.69, 9.17) is 16.3 Å². The highest BCUT2D eigenvalue weighted by atomic mass is 35.5. The van der Waals surface area contributed by atoms with Crippen LogP contribution < -0.4 is 5.32 Å². The molecule has 3 rings (SSSR count). The molecule has 1 atom stereocenters. The number of anilines is 1. The van der Waals surface area contributed by atoms with Gasteiger partial charge in [-0.25, -0.2) is 4.99 Å². The number of fused-ring (bicyclic) bond motifs is 1. The van der Waals surface area contributed by atoms with Crippen LogP contribution >= 0.6 is 11.6 Å². The van der Waals surface area contributed by atoms with Crippen molar-refractivity contribution >= 4 is 40.8 Å². The number of carbonyl (C=O) groups is 3. The molecule has 0 aromatic heterocycles. The van der Waals surface area contributed by atoms with Crippen LogP contribution in [0.1, 0.15) is 24.0 Å². The third-order valence-electron chi connectivity index (χ3n) is 4.02. The molecule has 2 aromatic carbocycles. The largest absolute Gasteiger partial charge is 0.469 e. The number of hydrogen-bond acceptors (Lipinski definition) is 6. The van der Waals surface area contributed by atoms with Crippen LogP contribution in [0.4, 0.5) is 5.69 Å². The molecule has 7 nitrogen and oxygen atoms in total. The molecule has 0 fully saturated rings. The van der Waals surface area contributed by atoms with Gasteiger partial charge in [0.1, 0.15) is 0 Å².